The van der Waals surface area contributed by atoms with Gasteiger partial charge in [-0.15, -0.1) is 0 Å². The van der Waals surface area contributed by atoms with Crippen molar-refractivity contribution in [3.8, 4) is 5.75 Å². The number of hydrogen-bond donors (Lipinski definition) is 3. The molecule has 7 heteroatoms. The number of amides is 1. The Balaban J connectivity index is 1.98. The molecule has 0 aliphatic heterocycles. The first kappa shape index (κ1) is 24.1. The van der Waals surface area contributed by atoms with Gasteiger partial charge in [0, 0.05) is 27.7 Å². The molecule has 0 aliphatic carbocycles. The summed E-state index contributed by atoms with van der Waals surface area (Å²) in [5.41, 5.74) is -1.46. The van der Waals surface area contributed by atoms with Crippen molar-refractivity contribution in [2.24, 2.45) is 0 Å². The lowest BCUT2D eigenvalue weighted by molar-refractivity contribution is -0.136. The van der Waals surface area contributed by atoms with Crippen LogP contribution in [0.5, 0.6) is 5.75 Å². The van der Waals surface area contributed by atoms with Gasteiger partial charge in [0.15, 0.2) is 0 Å². The topological polar surface area (TPSA) is 69.6 Å². The van der Waals surface area contributed by atoms with Crippen LogP contribution in [0.4, 0.5) is 10.1 Å². The lowest BCUT2D eigenvalue weighted by atomic mass is 9.72. The normalized spacial score (nSPS) is 13.4. The minimum absolute atomic E-state index is 0.00742. The van der Waals surface area contributed by atoms with Crippen molar-refractivity contribution < 1.29 is 19.4 Å². The molecule has 0 saturated carbocycles. The number of nitrogens with one attached hydrogen (secondary N) is 1. The number of carbonyl (C=O) groups excluding carboxylic acids is 1. The number of rotatable bonds is 7. The summed E-state index contributed by atoms with van der Waals surface area (Å²) in [5.74, 6) is -1.29. The van der Waals surface area contributed by atoms with Crippen LogP contribution in [0.1, 0.15) is 31.4 Å². The van der Waals surface area contributed by atoms with Gasteiger partial charge in [-0.1, -0.05) is 67.4 Å². The van der Waals surface area contributed by atoms with Gasteiger partial charge >= 0.3 is 0 Å². The molecule has 0 bridgehead atoms. The van der Waals surface area contributed by atoms with Crippen LogP contribution >= 0.6 is 23.2 Å². The highest BCUT2D eigenvalue weighted by Gasteiger charge is 2.43. The summed E-state index contributed by atoms with van der Waals surface area (Å²) in [6.07, 6.45) is -0.0838. The molecule has 0 fully saturated rings. The van der Waals surface area contributed by atoms with Crippen LogP contribution in [0.25, 0.3) is 0 Å². The fraction of sp³-hybridized carbons (Fsp3) is 0.240. The molecule has 3 rings (SSSR count). The van der Waals surface area contributed by atoms with Crippen molar-refractivity contribution >= 4 is 34.8 Å². The second-order valence-corrected chi connectivity index (χ2v) is 9.40. The third-order valence-corrected chi connectivity index (χ3v) is 5.74. The van der Waals surface area contributed by atoms with E-state index in [4.69, 9.17) is 23.2 Å². The third-order valence-electron chi connectivity index (χ3n) is 5.30. The first-order chi connectivity index (χ1) is 15.0. The van der Waals surface area contributed by atoms with Gasteiger partial charge in [-0.05, 0) is 53.8 Å². The molecule has 0 aromatic heterocycles. The number of hydrogen-bond acceptors (Lipinski definition) is 3. The van der Waals surface area contributed by atoms with E-state index in [-0.39, 0.29) is 18.6 Å². The first-order valence-corrected chi connectivity index (χ1v) is 10.8. The molecule has 3 aromatic carbocycles. The molecule has 0 saturated heterocycles. The van der Waals surface area contributed by atoms with E-state index in [1.807, 2.05) is 18.2 Å². The lowest BCUT2D eigenvalue weighted by Gasteiger charge is -2.36. The average molecular weight is 476 g/mol. The monoisotopic (exact) mass is 475 g/mol. The number of phenols is 1. The molecular formula is C25H24Cl2FNO3. The van der Waals surface area contributed by atoms with Gasteiger partial charge in [0.2, 0.25) is 0 Å². The van der Waals surface area contributed by atoms with E-state index in [1.165, 1.54) is 30.3 Å². The second-order valence-electron chi connectivity index (χ2n) is 8.53. The predicted octanol–water partition coefficient (Wildman–Crippen LogP) is 6.12. The van der Waals surface area contributed by atoms with Crippen molar-refractivity contribution in [3.05, 3.63) is 93.7 Å². The van der Waals surface area contributed by atoms with Gasteiger partial charge in [0.25, 0.3) is 5.91 Å². The minimum Gasteiger partial charge on any atom is -0.508 e. The van der Waals surface area contributed by atoms with Crippen LogP contribution < -0.4 is 5.32 Å². The fourth-order valence-corrected chi connectivity index (χ4v) is 4.43. The van der Waals surface area contributed by atoms with Crippen LogP contribution in [-0.2, 0) is 16.6 Å². The highest BCUT2D eigenvalue weighted by atomic mass is 35.5. The van der Waals surface area contributed by atoms with E-state index >= 15 is 0 Å². The van der Waals surface area contributed by atoms with Crippen LogP contribution in [0, 0.1) is 5.82 Å². The molecule has 3 N–H and O–H groups in total. The fourth-order valence-electron chi connectivity index (χ4n) is 3.91. The molecule has 1 amide bonds. The van der Waals surface area contributed by atoms with E-state index in [2.05, 4.69) is 5.32 Å². The standard InChI is InChI=1S/C25H24Cl2FNO3/c1-24(2,21-13-19(28)8-9-22(21)30)15-25(32,14-16-6-4-3-5-7-16)23(31)29-20-11-17(26)10-18(27)12-20/h3-13,30,32H,14-15H2,1-2H3,(H,29,31). The van der Waals surface area contributed by atoms with Crippen molar-refractivity contribution in [3.63, 3.8) is 0 Å². The van der Waals surface area contributed by atoms with E-state index in [1.54, 1.807) is 26.0 Å². The van der Waals surface area contributed by atoms with Crippen molar-refractivity contribution in [2.75, 3.05) is 5.32 Å². The summed E-state index contributed by atoms with van der Waals surface area (Å²) in [6, 6.07) is 17.3. The molecule has 32 heavy (non-hydrogen) atoms. The number of aliphatic hydroxyl groups is 1. The Hall–Kier alpha value is -2.60. The van der Waals surface area contributed by atoms with Crippen LogP contribution in [0.15, 0.2) is 66.7 Å². The molecule has 168 valence electrons. The Bertz CT molecular complexity index is 1100. The van der Waals surface area contributed by atoms with Gasteiger partial charge < -0.3 is 15.5 Å². The number of aromatic hydroxyl groups is 1. The van der Waals surface area contributed by atoms with E-state index in [9.17, 15) is 19.4 Å². The SMILES string of the molecule is CC(C)(CC(O)(Cc1ccccc1)C(=O)Nc1cc(Cl)cc(Cl)c1)c1cc(F)ccc1O. The first-order valence-electron chi connectivity index (χ1n) is 10.0. The van der Waals surface area contributed by atoms with Gasteiger partial charge in [0.05, 0.1) is 0 Å². The highest BCUT2D eigenvalue weighted by molar-refractivity contribution is 6.35. The Morgan fingerprint density at radius 2 is 1.62 bits per heavy atom. The quantitative estimate of drug-likeness (QED) is 0.385. The molecule has 0 spiro atoms. The molecular weight excluding hydrogens is 452 g/mol. The van der Waals surface area contributed by atoms with Crippen molar-refractivity contribution in [1.29, 1.82) is 0 Å². The molecule has 4 nitrogen and oxygen atoms in total. The summed E-state index contributed by atoms with van der Waals surface area (Å²) >= 11 is 12.1. The van der Waals surface area contributed by atoms with Crippen molar-refractivity contribution in [1.82, 2.24) is 0 Å². The number of phenolic OH excluding ortho intramolecular Hbond substituents is 1. The number of anilines is 1. The summed E-state index contributed by atoms with van der Waals surface area (Å²) in [7, 11) is 0. The Labute approximate surface area is 196 Å². The largest absolute Gasteiger partial charge is 0.508 e. The van der Waals surface area contributed by atoms with Gasteiger partial charge in [-0.2, -0.15) is 0 Å². The Kier molecular flexibility index (Phi) is 7.13. The summed E-state index contributed by atoms with van der Waals surface area (Å²) in [4.78, 5) is 13.3. The zero-order valence-corrected chi connectivity index (χ0v) is 19.2. The molecule has 1 unspecified atom stereocenters. The van der Waals surface area contributed by atoms with Crippen LogP contribution in [0.3, 0.4) is 0 Å². The summed E-state index contributed by atoms with van der Waals surface area (Å²) < 4.78 is 13.9. The Morgan fingerprint density at radius 1 is 1.00 bits per heavy atom. The molecule has 0 heterocycles. The number of benzene rings is 3. The summed E-state index contributed by atoms with van der Waals surface area (Å²) in [5, 5.41) is 25.3. The summed E-state index contributed by atoms with van der Waals surface area (Å²) in [6.45, 7) is 3.47. The second kappa shape index (κ2) is 9.49. The van der Waals surface area contributed by atoms with E-state index < -0.39 is 22.7 Å². The van der Waals surface area contributed by atoms with Crippen LogP contribution in [-0.4, -0.2) is 21.7 Å². The highest BCUT2D eigenvalue weighted by Crippen LogP contribution is 2.39. The van der Waals surface area contributed by atoms with Crippen molar-refractivity contribution in [2.45, 2.75) is 37.7 Å². The lowest BCUT2D eigenvalue weighted by Crippen LogP contribution is -2.49. The number of carbonyl (C=O) groups is 1. The molecule has 1 atom stereocenters. The van der Waals surface area contributed by atoms with Crippen LogP contribution in [0.2, 0.25) is 10.0 Å². The molecule has 0 aliphatic rings. The van der Waals surface area contributed by atoms with E-state index in [0.29, 0.717) is 21.3 Å². The third kappa shape index (κ3) is 5.80. The maximum absolute atomic E-state index is 13.9. The zero-order valence-electron chi connectivity index (χ0n) is 17.7. The van der Waals surface area contributed by atoms with Gasteiger partial charge in [0.1, 0.15) is 17.2 Å². The maximum Gasteiger partial charge on any atom is 0.256 e. The van der Waals surface area contributed by atoms with Gasteiger partial charge in [-0.25, -0.2) is 4.39 Å². The Morgan fingerprint density at radius 3 is 2.25 bits per heavy atom. The number of halogens is 3. The molecule has 0 radical (unpaired) electrons. The van der Waals surface area contributed by atoms with Gasteiger partial charge in [-0.3, -0.25) is 4.79 Å². The van der Waals surface area contributed by atoms with E-state index in [0.717, 1.165) is 11.6 Å². The predicted molar refractivity (Wildman–Crippen MR) is 126 cm³/mol. The average Bonchev–Trinajstić information content (AvgIpc) is 2.69. The maximum atomic E-state index is 13.9. The smallest absolute Gasteiger partial charge is 0.256 e. The molecule has 3 aromatic rings. The minimum atomic E-state index is -1.89. The zero-order chi connectivity index (χ0) is 23.5.